The molecule has 1 aliphatic rings. The van der Waals surface area contributed by atoms with Crippen molar-refractivity contribution in [2.45, 2.75) is 19.4 Å². The fraction of sp³-hybridized carbons (Fsp3) is 0.500. The number of benzene rings is 1. The zero-order chi connectivity index (χ0) is 13.0. The van der Waals surface area contributed by atoms with Crippen LogP contribution in [-0.2, 0) is 11.3 Å². The number of amides is 1. The number of hydrogen-bond acceptors (Lipinski definition) is 3. The molecule has 1 fully saturated rings. The Morgan fingerprint density at radius 3 is 2.44 bits per heavy atom. The van der Waals surface area contributed by atoms with Crippen LogP contribution in [0.5, 0.6) is 0 Å². The summed E-state index contributed by atoms with van der Waals surface area (Å²) in [6, 6.07) is 8.37. The monoisotopic (exact) mass is 247 g/mol. The molecule has 1 aromatic carbocycles. The number of piperidine rings is 1. The highest BCUT2D eigenvalue weighted by Gasteiger charge is 2.24. The van der Waals surface area contributed by atoms with Crippen molar-refractivity contribution >= 4 is 11.6 Å². The molecule has 0 radical (unpaired) electrons. The molecule has 18 heavy (non-hydrogen) atoms. The lowest BCUT2D eigenvalue weighted by molar-refractivity contribution is -0.125. The first kappa shape index (κ1) is 12.9. The van der Waals surface area contributed by atoms with Crippen LogP contribution in [0.2, 0.25) is 0 Å². The largest absolute Gasteiger partial charge is 0.371 e. The van der Waals surface area contributed by atoms with Gasteiger partial charge in [-0.1, -0.05) is 12.1 Å². The van der Waals surface area contributed by atoms with Crippen molar-refractivity contribution in [3.63, 3.8) is 0 Å². The first-order valence-electron chi connectivity index (χ1n) is 6.50. The Bertz CT molecular complexity index is 394. The normalized spacial score (nSPS) is 16.7. The molecule has 1 saturated heterocycles. The van der Waals surface area contributed by atoms with Crippen molar-refractivity contribution in [3.8, 4) is 0 Å². The molecule has 0 saturated carbocycles. The molecular weight excluding hydrogens is 226 g/mol. The van der Waals surface area contributed by atoms with Crippen LogP contribution in [0, 0.1) is 5.92 Å². The number of hydrogen-bond donors (Lipinski definition) is 2. The van der Waals surface area contributed by atoms with Gasteiger partial charge in [0.15, 0.2) is 0 Å². The van der Waals surface area contributed by atoms with Crippen LogP contribution < -0.4 is 16.0 Å². The van der Waals surface area contributed by atoms with E-state index in [0.29, 0.717) is 6.54 Å². The molecular formula is C14H21N3O. The summed E-state index contributed by atoms with van der Waals surface area (Å²) >= 11 is 0. The van der Waals surface area contributed by atoms with Crippen molar-refractivity contribution in [1.29, 1.82) is 0 Å². The minimum atomic E-state index is 0.174. The van der Waals surface area contributed by atoms with Gasteiger partial charge >= 0.3 is 0 Å². The summed E-state index contributed by atoms with van der Waals surface area (Å²) in [6.45, 7) is 2.47. The first-order chi connectivity index (χ1) is 8.74. The van der Waals surface area contributed by atoms with Gasteiger partial charge in [-0.3, -0.25) is 4.79 Å². The van der Waals surface area contributed by atoms with Crippen LogP contribution in [0.4, 0.5) is 5.69 Å². The second-order valence-electron chi connectivity index (χ2n) is 4.75. The van der Waals surface area contributed by atoms with Gasteiger partial charge in [-0.25, -0.2) is 0 Å². The van der Waals surface area contributed by atoms with Crippen LogP contribution in [0.1, 0.15) is 18.4 Å². The zero-order valence-electron chi connectivity index (χ0n) is 10.9. The van der Waals surface area contributed by atoms with E-state index in [1.807, 2.05) is 0 Å². The van der Waals surface area contributed by atoms with Crippen molar-refractivity contribution in [3.05, 3.63) is 29.8 Å². The Morgan fingerprint density at radius 2 is 1.94 bits per heavy atom. The number of rotatable bonds is 3. The van der Waals surface area contributed by atoms with E-state index >= 15 is 0 Å². The van der Waals surface area contributed by atoms with Gasteiger partial charge in [0.1, 0.15) is 0 Å². The predicted molar refractivity (Wildman–Crippen MR) is 73.3 cm³/mol. The molecule has 0 bridgehead atoms. The van der Waals surface area contributed by atoms with Gasteiger partial charge in [0, 0.05) is 38.3 Å². The molecule has 4 nitrogen and oxygen atoms in total. The average molecular weight is 247 g/mol. The van der Waals surface area contributed by atoms with Gasteiger partial charge in [0.05, 0.1) is 0 Å². The van der Waals surface area contributed by atoms with Gasteiger partial charge in [0.25, 0.3) is 0 Å². The molecule has 4 heteroatoms. The highest BCUT2D eigenvalue weighted by Crippen LogP contribution is 2.23. The summed E-state index contributed by atoms with van der Waals surface area (Å²) in [5, 5.41) is 2.73. The van der Waals surface area contributed by atoms with E-state index in [9.17, 15) is 4.79 Å². The van der Waals surface area contributed by atoms with E-state index in [4.69, 9.17) is 5.73 Å². The quantitative estimate of drug-likeness (QED) is 0.841. The Kier molecular flexibility index (Phi) is 4.20. The fourth-order valence-corrected chi connectivity index (χ4v) is 2.45. The van der Waals surface area contributed by atoms with E-state index < -0.39 is 0 Å². The molecule has 1 amide bonds. The maximum Gasteiger partial charge on any atom is 0.222 e. The van der Waals surface area contributed by atoms with E-state index in [1.54, 1.807) is 7.05 Å². The molecule has 0 atom stereocenters. The Hall–Kier alpha value is -1.55. The van der Waals surface area contributed by atoms with Gasteiger partial charge in [-0.05, 0) is 30.5 Å². The Labute approximate surface area is 108 Å². The third-order valence-corrected chi connectivity index (χ3v) is 3.65. The molecule has 98 valence electrons. The van der Waals surface area contributed by atoms with Gasteiger partial charge in [-0.2, -0.15) is 0 Å². The van der Waals surface area contributed by atoms with E-state index in [-0.39, 0.29) is 11.8 Å². The lowest BCUT2D eigenvalue weighted by Crippen LogP contribution is -2.39. The highest BCUT2D eigenvalue weighted by molar-refractivity contribution is 5.78. The smallest absolute Gasteiger partial charge is 0.222 e. The van der Waals surface area contributed by atoms with Crippen molar-refractivity contribution in [1.82, 2.24) is 5.32 Å². The summed E-state index contributed by atoms with van der Waals surface area (Å²) in [7, 11) is 1.71. The van der Waals surface area contributed by atoms with Crippen LogP contribution in [-0.4, -0.2) is 26.0 Å². The molecule has 1 aromatic rings. The summed E-state index contributed by atoms with van der Waals surface area (Å²) in [5.74, 6) is 0.350. The molecule has 0 unspecified atom stereocenters. The summed E-state index contributed by atoms with van der Waals surface area (Å²) in [5.41, 5.74) is 7.96. The summed E-state index contributed by atoms with van der Waals surface area (Å²) in [6.07, 6.45) is 1.86. The van der Waals surface area contributed by atoms with Crippen molar-refractivity contribution in [2.24, 2.45) is 11.7 Å². The zero-order valence-corrected chi connectivity index (χ0v) is 10.9. The third-order valence-electron chi connectivity index (χ3n) is 3.65. The maximum absolute atomic E-state index is 11.6. The van der Waals surface area contributed by atoms with Crippen molar-refractivity contribution < 1.29 is 4.79 Å². The Morgan fingerprint density at radius 1 is 1.33 bits per heavy atom. The van der Waals surface area contributed by atoms with Crippen LogP contribution in [0.25, 0.3) is 0 Å². The highest BCUT2D eigenvalue weighted by atomic mass is 16.1. The first-order valence-corrected chi connectivity index (χ1v) is 6.50. The van der Waals surface area contributed by atoms with Gasteiger partial charge < -0.3 is 16.0 Å². The van der Waals surface area contributed by atoms with Crippen LogP contribution in [0.3, 0.4) is 0 Å². The second-order valence-corrected chi connectivity index (χ2v) is 4.75. The minimum absolute atomic E-state index is 0.174. The number of nitrogens with zero attached hydrogens (tertiary/aromatic N) is 1. The lowest BCUT2D eigenvalue weighted by atomic mass is 9.95. The molecule has 1 heterocycles. The number of nitrogens with one attached hydrogen (secondary N) is 1. The van der Waals surface area contributed by atoms with Gasteiger partial charge in [0.2, 0.25) is 5.91 Å². The van der Waals surface area contributed by atoms with Gasteiger partial charge in [-0.15, -0.1) is 0 Å². The van der Waals surface area contributed by atoms with E-state index in [0.717, 1.165) is 31.5 Å². The standard InChI is InChI=1S/C14H21N3O/c1-16-14(18)12-6-8-17(9-7-12)13-4-2-11(10-15)3-5-13/h2-5,12H,6-10,15H2,1H3,(H,16,18). The van der Waals surface area contributed by atoms with E-state index in [2.05, 4.69) is 34.5 Å². The average Bonchev–Trinajstić information content (AvgIpc) is 2.47. The SMILES string of the molecule is CNC(=O)C1CCN(c2ccc(CN)cc2)CC1. The third kappa shape index (κ3) is 2.82. The second kappa shape index (κ2) is 5.87. The number of carbonyl (C=O) groups is 1. The lowest BCUT2D eigenvalue weighted by Gasteiger charge is -2.32. The number of anilines is 1. The Balaban J connectivity index is 1.94. The molecule has 0 spiro atoms. The van der Waals surface area contributed by atoms with Crippen LogP contribution >= 0.6 is 0 Å². The molecule has 2 rings (SSSR count). The van der Waals surface area contributed by atoms with Crippen molar-refractivity contribution in [2.75, 3.05) is 25.0 Å². The summed E-state index contributed by atoms with van der Waals surface area (Å²) in [4.78, 5) is 13.9. The summed E-state index contributed by atoms with van der Waals surface area (Å²) < 4.78 is 0. The number of nitrogens with two attached hydrogens (primary N) is 1. The molecule has 0 aromatic heterocycles. The minimum Gasteiger partial charge on any atom is -0.371 e. The van der Waals surface area contributed by atoms with Crippen LogP contribution in [0.15, 0.2) is 24.3 Å². The predicted octanol–water partition coefficient (Wildman–Crippen LogP) is 1.11. The number of carbonyl (C=O) groups excluding carboxylic acids is 1. The maximum atomic E-state index is 11.6. The molecule has 3 N–H and O–H groups in total. The molecule has 0 aliphatic carbocycles. The molecule has 1 aliphatic heterocycles. The topological polar surface area (TPSA) is 58.4 Å². The van der Waals surface area contributed by atoms with E-state index in [1.165, 1.54) is 5.69 Å². The fourth-order valence-electron chi connectivity index (χ4n) is 2.45.